The fourth-order valence-electron chi connectivity index (χ4n) is 5.75. The van der Waals surface area contributed by atoms with Gasteiger partial charge in [0.25, 0.3) is 0 Å². The van der Waals surface area contributed by atoms with E-state index in [4.69, 9.17) is 9.47 Å². The van der Waals surface area contributed by atoms with Crippen molar-refractivity contribution in [3.8, 4) is 0 Å². The SMILES string of the molecule is CCC[CH2][Ge]([CH2]CCC)([CH2]CCC)[CH2][C@H]1CC(COC)(COC)C[C@H]1C. The van der Waals surface area contributed by atoms with Crippen molar-refractivity contribution in [1.82, 2.24) is 0 Å². The number of unbranched alkanes of at least 4 members (excludes halogenated alkanes) is 3. The molecule has 0 N–H and O–H groups in total. The minimum absolute atomic E-state index is 0.280. The van der Waals surface area contributed by atoms with Crippen LogP contribution in [0.3, 0.4) is 0 Å². The molecule has 0 bridgehead atoms. The third-order valence-corrected chi connectivity index (χ3v) is 18.9. The van der Waals surface area contributed by atoms with E-state index in [2.05, 4.69) is 27.7 Å². The van der Waals surface area contributed by atoms with Crippen molar-refractivity contribution in [3.63, 3.8) is 0 Å². The first-order chi connectivity index (χ1) is 12.5. The van der Waals surface area contributed by atoms with Gasteiger partial charge in [-0.25, -0.2) is 0 Å². The van der Waals surface area contributed by atoms with Crippen LogP contribution in [-0.2, 0) is 9.47 Å². The zero-order valence-electron chi connectivity index (χ0n) is 18.9. The summed E-state index contributed by atoms with van der Waals surface area (Å²) in [4.78, 5) is 0. The Hall–Kier alpha value is 0.463. The van der Waals surface area contributed by atoms with E-state index in [1.165, 1.54) is 51.4 Å². The summed E-state index contributed by atoms with van der Waals surface area (Å²) in [6.07, 6.45) is 11.2. The molecule has 26 heavy (non-hydrogen) atoms. The number of methoxy groups -OCH3 is 2. The summed E-state index contributed by atoms with van der Waals surface area (Å²) < 4.78 is 11.3. The molecule has 3 heteroatoms. The zero-order chi connectivity index (χ0) is 19.5. The number of ether oxygens (including phenoxy) is 2. The Kier molecular flexibility index (Phi) is 12.1. The van der Waals surface area contributed by atoms with E-state index in [1.807, 2.05) is 14.2 Å². The van der Waals surface area contributed by atoms with E-state index < -0.39 is 13.3 Å². The third kappa shape index (κ3) is 7.47. The van der Waals surface area contributed by atoms with Gasteiger partial charge in [0.1, 0.15) is 0 Å². The van der Waals surface area contributed by atoms with Crippen LogP contribution < -0.4 is 0 Å². The van der Waals surface area contributed by atoms with Crippen molar-refractivity contribution in [3.05, 3.63) is 0 Å². The summed E-state index contributed by atoms with van der Waals surface area (Å²) in [7, 11) is 3.72. The molecule has 0 radical (unpaired) electrons. The molecule has 0 saturated heterocycles. The molecule has 1 saturated carbocycles. The molecule has 0 aromatic heterocycles. The van der Waals surface area contributed by atoms with Crippen LogP contribution in [0.1, 0.15) is 79.1 Å². The van der Waals surface area contributed by atoms with Crippen LogP contribution in [0.2, 0.25) is 21.0 Å². The fraction of sp³-hybridized carbons (Fsp3) is 1.00. The Labute approximate surface area is 167 Å². The van der Waals surface area contributed by atoms with Gasteiger partial charge >= 0.3 is 167 Å². The molecule has 0 unspecified atom stereocenters. The minimum atomic E-state index is -1.76. The predicted octanol–water partition coefficient (Wildman–Crippen LogP) is 7.16. The number of rotatable bonds is 15. The van der Waals surface area contributed by atoms with Crippen LogP contribution in [0.4, 0.5) is 0 Å². The zero-order valence-corrected chi connectivity index (χ0v) is 21.0. The van der Waals surface area contributed by atoms with Crippen molar-refractivity contribution in [2.75, 3.05) is 27.4 Å². The first-order valence-electron chi connectivity index (χ1n) is 11.5. The Morgan fingerprint density at radius 1 is 0.808 bits per heavy atom. The molecule has 2 atom stereocenters. The van der Waals surface area contributed by atoms with E-state index in [-0.39, 0.29) is 5.41 Å². The van der Waals surface area contributed by atoms with Crippen LogP contribution in [0.15, 0.2) is 0 Å². The van der Waals surface area contributed by atoms with Crippen LogP contribution in [0.25, 0.3) is 0 Å². The van der Waals surface area contributed by atoms with Crippen molar-refractivity contribution >= 4 is 13.3 Å². The molecule has 0 spiro atoms. The molecule has 156 valence electrons. The Balaban J connectivity index is 2.92. The molecule has 1 fully saturated rings. The maximum atomic E-state index is 5.64. The van der Waals surface area contributed by atoms with Gasteiger partial charge in [0, 0.05) is 0 Å². The maximum absolute atomic E-state index is 5.64. The summed E-state index contributed by atoms with van der Waals surface area (Å²) in [5.41, 5.74) is 0.280. The van der Waals surface area contributed by atoms with Crippen molar-refractivity contribution in [2.45, 2.75) is 100 Å². The molecule has 1 rings (SSSR count). The van der Waals surface area contributed by atoms with Crippen LogP contribution in [0, 0.1) is 17.3 Å². The second kappa shape index (κ2) is 12.8. The van der Waals surface area contributed by atoms with Gasteiger partial charge < -0.3 is 0 Å². The van der Waals surface area contributed by atoms with E-state index in [0.29, 0.717) is 0 Å². The van der Waals surface area contributed by atoms with E-state index in [0.717, 1.165) is 25.0 Å². The molecular weight excluding hydrogens is 381 g/mol. The second-order valence-corrected chi connectivity index (χ2v) is 19.8. The molecule has 0 heterocycles. The molecule has 0 aromatic carbocycles. The van der Waals surface area contributed by atoms with Crippen LogP contribution in [-0.4, -0.2) is 40.7 Å². The van der Waals surface area contributed by atoms with Gasteiger partial charge in [0.2, 0.25) is 0 Å². The molecule has 1 aliphatic carbocycles. The fourth-order valence-corrected chi connectivity index (χ4v) is 19.0. The molecule has 0 aromatic rings. The van der Waals surface area contributed by atoms with Gasteiger partial charge in [-0.3, -0.25) is 0 Å². The van der Waals surface area contributed by atoms with Gasteiger partial charge in [-0.05, 0) is 0 Å². The van der Waals surface area contributed by atoms with Crippen LogP contribution in [0.5, 0.6) is 0 Å². The summed E-state index contributed by atoms with van der Waals surface area (Å²) in [6.45, 7) is 11.4. The number of hydrogen-bond acceptors (Lipinski definition) is 2. The normalized spacial score (nSPS) is 22.8. The number of hydrogen-bond donors (Lipinski definition) is 0. The van der Waals surface area contributed by atoms with E-state index in [1.54, 1.807) is 21.0 Å². The summed E-state index contributed by atoms with van der Waals surface area (Å²) in [5.74, 6) is 1.76. The summed E-state index contributed by atoms with van der Waals surface area (Å²) in [5, 5.41) is 6.50. The molecule has 0 amide bonds. The van der Waals surface area contributed by atoms with Crippen LogP contribution >= 0.6 is 0 Å². The van der Waals surface area contributed by atoms with Crippen molar-refractivity contribution in [2.24, 2.45) is 17.3 Å². The quantitative estimate of drug-likeness (QED) is 0.257. The Morgan fingerprint density at radius 3 is 1.65 bits per heavy atom. The average Bonchev–Trinajstić information content (AvgIpc) is 2.91. The monoisotopic (exact) mass is 430 g/mol. The van der Waals surface area contributed by atoms with Gasteiger partial charge in [-0.15, -0.1) is 0 Å². The van der Waals surface area contributed by atoms with E-state index >= 15 is 0 Å². The average molecular weight is 429 g/mol. The first-order valence-corrected chi connectivity index (χ1v) is 17.4. The third-order valence-electron chi connectivity index (χ3n) is 7.03. The topological polar surface area (TPSA) is 18.5 Å². The van der Waals surface area contributed by atoms with Gasteiger partial charge in [0.15, 0.2) is 0 Å². The Bertz CT molecular complexity index is 330. The van der Waals surface area contributed by atoms with Crippen molar-refractivity contribution < 1.29 is 9.47 Å². The Morgan fingerprint density at radius 2 is 1.27 bits per heavy atom. The summed E-state index contributed by atoms with van der Waals surface area (Å²) >= 11 is -1.76. The first kappa shape index (κ1) is 24.5. The predicted molar refractivity (Wildman–Crippen MR) is 118 cm³/mol. The van der Waals surface area contributed by atoms with Gasteiger partial charge in [-0.1, -0.05) is 0 Å². The van der Waals surface area contributed by atoms with Crippen molar-refractivity contribution in [1.29, 1.82) is 0 Å². The molecule has 1 aliphatic rings. The van der Waals surface area contributed by atoms with Gasteiger partial charge in [-0.2, -0.15) is 0 Å². The van der Waals surface area contributed by atoms with Gasteiger partial charge in [0.05, 0.1) is 0 Å². The molecular formula is C23H48GeO2. The molecule has 2 nitrogen and oxygen atoms in total. The standard InChI is InChI=1S/C23H48GeO2/c1-7-10-13-24(14-11-8-2,15-12-9-3)18-22-17-23(19-25-5,20-26-6)16-21(22)4/h21-22H,7-20H2,1-6H3/t21-,22-/m1/s1. The second-order valence-electron chi connectivity index (χ2n) is 9.53. The molecule has 0 aliphatic heterocycles. The summed E-state index contributed by atoms with van der Waals surface area (Å²) in [6, 6.07) is 0. The van der Waals surface area contributed by atoms with E-state index in [9.17, 15) is 0 Å².